The van der Waals surface area contributed by atoms with Crippen molar-refractivity contribution in [3.63, 3.8) is 0 Å². The van der Waals surface area contributed by atoms with Crippen LogP contribution >= 0.6 is 11.8 Å². The van der Waals surface area contributed by atoms with Crippen LogP contribution in [0.15, 0.2) is 58.7 Å². The SMILES string of the molecule is CCCC[C@@H]1S/C(=N\N=C/c2ccc(C)cc2)N(Cc2ccc(F)cc2)C1=O. The number of amides is 1. The molecular formula is C22H24FN3OS. The molecule has 4 nitrogen and oxygen atoms in total. The van der Waals surface area contributed by atoms with Gasteiger partial charge in [-0.3, -0.25) is 9.69 Å². The topological polar surface area (TPSA) is 45.0 Å². The number of thioether (sulfide) groups is 1. The van der Waals surface area contributed by atoms with Gasteiger partial charge < -0.3 is 0 Å². The molecule has 2 aromatic rings. The number of hydrogen-bond acceptors (Lipinski definition) is 4. The molecule has 1 fully saturated rings. The lowest BCUT2D eigenvalue weighted by Crippen LogP contribution is -2.31. The van der Waals surface area contributed by atoms with E-state index in [4.69, 9.17) is 0 Å². The van der Waals surface area contributed by atoms with E-state index in [0.29, 0.717) is 11.7 Å². The predicted octanol–water partition coefficient (Wildman–Crippen LogP) is 5.16. The Morgan fingerprint density at radius 2 is 1.86 bits per heavy atom. The zero-order valence-electron chi connectivity index (χ0n) is 16.1. The summed E-state index contributed by atoms with van der Waals surface area (Å²) in [6.07, 6.45) is 4.54. The van der Waals surface area contributed by atoms with E-state index >= 15 is 0 Å². The smallest absolute Gasteiger partial charge is 0.242 e. The fourth-order valence-corrected chi connectivity index (χ4v) is 4.02. The van der Waals surface area contributed by atoms with E-state index in [-0.39, 0.29) is 17.0 Å². The quantitative estimate of drug-likeness (QED) is 0.479. The van der Waals surface area contributed by atoms with Gasteiger partial charge in [0.25, 0.3) is 0 Å². The molecule has 1 atom stereocenters. The second-order valence-corrected chi connectivity index (χ2v) is 8.01. The number of carbonyl (C=O) groups excluding carboxylic acids is 1. The number of nitrogens with zero attached hydrogens (tertiary/aromatic N) is 3. The van der Waals surface area contributed by atoms with Gasteiger partial charge in [0.2, 0.25) is 5.91 Å². The summed E-state index contributed by atoms with van der Waals surface area (Å²) in [6, 6.07) is 14.2. The van der Waals surface area contributed by atoms with E-state index in [1.807, 2.05) is 31.2 Å². The van der Waals surface area contributed by atoms with Gasteiger partial charge >= 0.3 is 0 Å². The lowest BCUT2D eigenvalue weighted by Gasteiger charge is -2.15. The van der Waals surface area contributed by atoms with Crippen molar-refractivity contribution in [1.29, 1.82) is 0 Å². The first-order valence-electron chi connectivity index (χ1n) is 9.47. The zero-order chi connectivity index (χ0) is 19.9. The molecule has 0 N–H and O–H groups in total. The van der Waals surface area contributed by atoms with Crippen LogP contribution < -0.4 is 0 Å². The van der Waals surface area contributed by atoms with Gasteiger partial charge in [-0.15, -0.1) is 5.10 Å². The molecule has 146 valence electrons. The Morgan fingerprint density at radius 1 is 1.14 bits per heavy atom. The van der Waals surface area contributed by atoms with Gasteiger partial charge in [-0.1, -0.05) is 73.5 Å². The zero-order valence-corrected chi connectivity index (χ0v) is 17.0. The van der Waals surface area contributed by atoms with Gasteiger partial charge in [-0.25, -0.2) is 4.39 Å². The molecule has 6 heteroatoms. The molecule has 1 heterocycles. The van der Waals surface area contributed by atoms with E-state index in [0.717, 1.165) is 30.4 Å². The number of halogens is 1. The Balaban J connectivity index is 1.78. The molecule has 1 saturated heterocycles. The van der Waals surface area contributed by atoms with E-state index in [1.165, 1.54) is 29.5 Å². The summed E-state index contributed by atoms with van der Waals surface area (Å²) in [6.45, 7) is 4.51. The summed E-state index contributed by atoms with van der Waals surface area (Å²) >= 11 is 1.47. The molecule has 2 aromatic carbocycles. The molecule has 0 aromatic heterocycles. The Morgan fingerprint density at radius 3 is 2.54 bits per heavy atom. The molecule has 1 aliphatic rings. The molecule has 3 rings (SSSR count). The monoisotopic (exact) mass is 397 g/mol. The van der Waals surface area contributed by atoms with Crippen LogP contribution in [0.1, 0.15) is 42.9 Å². The average molecular weight is 398 g/mol. The van der Waals surface area contributed by atoms with E-state index < -0.39 is 0 Å². The van der Waals surface area contributed by atoms with Crippen LogP contribution in [0.2, 0.25) is 0 Å². The maximum Gasteiger partial charge on any atom is 0.242 e. The number of unbranched alkanes of at least 4 members (excludes halogenated alkanes) is 1. The molecule has 1 aliphatic heterocycles. The van der Waals surface area contributed by atoms with Gasteiger partial charge in [0, 0.05) is 0 Å². The molecule has 28 heavy (non-hydrogen) atoms. The summed E-state index contributed by atoms with van der Waals surface area (Å²) in [4.78, 5) is 14.5. The first-order valence-corrected chi connectivity index (χ1v) is 10.3. The largest absolute Gasteiger partial charge is 0.284 e. The van der Waals surface area contributed by atoms with Crippen LogP contribution in [-0.4, -0.2) is 27.4 Å². The summed E-state index contributed by atoms with van der Waals surface area (Å²) in [5.74, 6) is -0.240. The maximum absolute atomic E-state index is 13.2. The number of amidine groups is 1. The highest BCUT2D eigenvalue weighted by Gasteiger charge is 2.37. The summed E-state index contributed by atoms with van der Waals surface area (Å²) < 4.78 is 13.2. The van der Waals surface area contributed by atoms with Crippen molar-refractivity contribution in [2.24, 2.45) is 10.2 Å². The third-order valence-electron chi connectivity index (χ3n) is 4.52. The fourth-order valence-electron chi connectivity index (χ4n) is 2.87. The highest BCUT2D eigenvalue weighted by atomic mass is 32.2. The number of carbonyl (C=O) groups is 1. The fraction of sp³-hybridized carbons (Fsp3) is 0.318. The first kappa shape index (κ1) is 20.3. The van der Waals surface area contributed by atoms with E-state index in [9.17, 15) is 9.18 Å². The third kappa shape index (κ3) is 5.29. The molecule has 1 amide bonds. The Labute approximate surface area is 169 Å². The van der Waals surface area contributed by atoms with E-state index in [1.54, 1.807) is 23.2 Å². The molecule has 0 spiro atoms. The van der Waals surface area contributed by atoms with Gasteiger partial charge in [-0.05, 0) is 36.6 Å². The highest BCUT2D eigenvalue weighted by Crippen LogP contribution is 2.32. The molecular weight excluding hydrogens is 373 g/mol. The molecule has 0 aliphatic carbocycles. The number of aryl methyl sites for hydroxylation is 1. The molecule has 0 saturated carbocycles. The summed E-state index contributed by atoms with van der Waals surface area (Å²) in [5.41, 5.74) is 3.00. The lowest BCUT2D eigenvalue weighted by molar-refractivity contribution is -0.126. The van der Waals surface area contributed by atoms with Crippen molar-refractivity contribution in [3.8, 4) is 0 Å². The Kier molecular flexibility index (Phi) is 6.98. The molecule has 0 bridgehead atoms. The molecule has 0 radical (unpaired) electrons. The van der Waals surface area contributed by atoms with Crippen molar-refractivity contribution in [3.05, 3.63) is 71.0 Å². The average Bonchev–Trinajstić information content (AvgIpc) is 2.98. The normalized spacial score (nSPS) is 18.5. The van der Waals surface area contributed by atoms with Crippen LogP contribution in [0, 0.1) is 12.7 Å². The third-order valence-corrected chi connectivity index (χ3v) is 5.76. The van der Waals surface area contributed by atoms with Crippen molar-refractivity contribution in [1.82, 2.24) is 4.90 Å². The second-order valence-electron chi connectivity index (χ2n) is 6.84. The number of benzene rings is 2. The minimum absolute atomic E-state index is 0.0482. The van der Waals surface area contributed by atoms with Gasteiger partial charge in [0.1, 0.15) is 5.82 Å². The van der Waals surface area contributed by atoms with Crippen molar-refractivity contribution >= 4 is 29.1 Å². The lowest BCUT2D eigenvalue weighted by atomic mass is 10.1. The van der Waals surface area contributed by atoms with Crippen LogP contribution in [0.25, 0.3) is 0 Å². The van der Waals surface area contributed by atoms with Crippen LogP contribution in [0.4, 0.5) is 4.39 Å². The predicted molar refractivity (Wildman–Crippen MR) is 114 cm³/mol. The van der Waals surface area contributed by atoms with Gasteiger partial charge in [-0.2, -0.15) is 5.10 Å². The van der Waals surface area contributed by atoms with Gasteiger partial charge in [0.15, 0.2) is 5.17 Å². The maximum atomic E-state index is 13.2. The number of hydrogen-bond donors (Lipinski definition) is 0. The summed E-state index contributed by atoms with van der Waals surface area (Å²) in [5, 5.41) is 8.99. The van der Waals surface area contributed by atoms with Crippen LogP contribution in [0.5, 0.6) is 0 Å². The van der Waals surface area contributed by atoms with Crippen molar-refractivity contribution in [2.45, 2.75) is 44.9 Å². The van der Waals surface area contributed by atoms with Crippen molar-refractivity contribution in [2.75, 3.05) is 0 Å². The van der Waals surface area contributed by atoms with Crippen LogP contribution in [0.3, 0.4) is 0 Å². The minimum atomic E-state index is -0.289. The first-order chi connectivity index (χ1) is 13.6. The van der Waals surface area contributed by atoms with Gasteiger partial charge in [0.05, 0.1) is 18.0 Å². The Bertz CT molecular complexity index is 862. The standard InChI is InChI=1S/C22H24FN3OS/c1-3-4-5-20-21(27)26(15-18-10-12-19(23)13-11-18)22(28-20)25-24-14-17-8-6-16(2)7-9-17/h6-14,20H,3-5,15H2,1-2H3/b24-14-,25-22-/t20-/m0/s1. The minimum Gasteiger partial charge on any atom is -0.284 e. The summed E-state index contributed by atoms with van der Waals surface area (Å²) in [7, 11) is 0. The van der Waals surface area contributed by atoms with Crippen molar-refractivity contribution < 1.29 is 9.18 Å². The molecule has 0 unspecified atom stereocenters. The second kappa shape index (κ2) is 9.64. The Hall–Kier alpha value is -2.47. The highest BCUT2D eigenvalue weighted by molar-refractivity contribution is 8.15. The number of rotatable bonds is 7. The van der Waals surface area contributed by atoms with Crippen LogP contribution in [-0.2, 0) is 11.3 Å². The van der Waals surface area contributed by atoms with E-state index in [2.05, 4.69) is 17.1 Å².